The lowest BCUT2D eigenvalue weighted by molar-refractivity contribution is 0.0719. The van der Waals surface area contributed by atoms with Crippen molar-refractivity contribution in [2.75, 3.05) is 11.9 Å². The van der Waals surface area contributed by atoms with E-state index in [0.717, 1.165) is 11.1 Å². The Morgan fingerprint density at radius 3 is 2.72 bits per heavy atom. The van der Waals surface area contributed by atoms with Gasteiger partial charge >= 0.3 is 0 Å². The van der Waals surface area contributed by atoms with Gasteiger partial charge in [-0.3, -0.25) is 0 Å². The Morgan fingerprint density at radius 2 is 1.96 bits per heavy atom. The molecule has 1 aromatic carbocycles. The first-order valence-corrected chi connectivity index (χ1v) is 8.85. The van der Waals surface area contributed by atoms with Gasteiger partial charge in [-0.2, -0.15) is 15.9 Å². The van der Waals surface area contributed by atoms with Crippen molar-refractivity contribution in [3.8, 4) is 11.4 Å². The molecule has 0 fully saturated rings. The molecule has 7 heteroatoms. The van der Waals surface area contributed by atoms with Gasteiger partial charge in [0.05, 0.1) is 0 Å². The van der Waals surface area contributed by atoms with E-state index in [2.05, 4.69) is 20.6 Å². The second-order valence-corrected chi connectivity index (χ2v) is 6.80. The van der Waals surface area contributed by atoms with Crippen LogP contribution in [-0.4, -0.2) is 31.5 Å². The van der Waals surface area contributed by atoms with E-state index in [4.69, 9.17) is 0 Å². The highest BCUT2D eigenvalue weighted by Gasteiger charge is 2.23. The minimum atomic E-state index is -0.966. The zero-order chi connectivity index (χ0) is 17.3. The lowest BCUT2D eigenvalue weighted by atomic mass is 9.99. The summed E-state index contributed by atoms with van der Waals surface area (Å²) >= 11 is 1.57. The number of aromatic nitrogens is 4. The second-order valence-electron chi connectivity index (χ2n) is 6.02. The number of rotatable bonds is 5. The molecule has 0 aliphatic carbocycles. The number of fused-ring (bicyclic) bond motifs is 1. The van der Waals surface area contributed by atoms with Gasteiger partial charge in [0, 0.05) is 12.1 Å². The number of benzene rings is 1. The zero-order valence-electron chi connectivity index (χ0n) is 13.6. The number of anilines is 1. The Kier molecular flexibility index (Phi) is 3.95. The van der Waals surface area contributed by atoms with Crippen molar-refractivity contribution in [1.29, 1.82) is 0 Å². The van der Waals surface area contributed by atoms with Gasteiger partial charge in [-0.1, -0.05) is 30.3 Å². The molecule has 4 rings (SSSR count). The molecule has 3 aromatic heterocycles. The van der Waals surface area contributed by atoms with Crippen molar-refractivity contribution in [2.45, 2.75) is 12.5 Å². The van der Waals surface area contributed by atoms with Crippen LogP contribution < -0.4 is 5.32 Å². The van der Waals surface area contributed by atoms with Crippen molar-refractivity contribution in [3.05, 3.63) is 64.9 Å². The predicted octanol–water partition coefficient (Wildman–Crippen LogP) is 3.17. The fourth-order valence-electron chi connectivity index (χ4n) is 2.59. The Morgan fingerprint density at radius 1 is 1.12 bits per heavy atom. The van der Waals surface area contributed by atoms with E-state index in [0.29, 0.717) is 23.8 Å². The predicted molar refractivity (Wildman–Crippen MR) is 98.6 cm³/mol. The van der Waals surface area contributed by atoms with Gasteiger partial charge in [-0.25, -0.2) is 0 Å². The summed E-state index contributed by atoms with van der Waals surface area (Å²) in [6.07, 6.45) is 0. The lowest BCUT2D eigenvalue weighted by Gasteiger charge is -2.23. The summed E-state index contributed by atoms with van der Waals surface area (Å²) in [7, 11) is 0. The quantitative estimate of drug-likeness (QED) is 0.578. The molecule has 3 heterocycles. The molecule has 25 heavy (non-hydrogen) atoms. The molecule has 6 nitrogen and oxygen atoms in total. The zero-order valence-corrected chi connectivity index (χ0v) is 14.4. The molecule has 126 valence electrons. The van der Waals surface area contributed by atoms with Gasteiger partial charge in [-0.15, -0.1) is 15.3 Å². The van der Waals surface area contributed by atoms with Crippen molar-refractivity contribution < 1.29 is 5.11 Å². The molecule has 0 amide bonds. The molecular formula is C18H17N5OS. The number of thiophene rings is 1. The molecule has 0 saturated carbocycles. The van der Waals surface area contributed by atoms with Crippen LogP contribution in [0.4, 0.5) is 5.82 Å². The fraction of sp³-hybridized carbons (Fsp3) is 0.167. The molecule has 0 aliphatic rings. The topological polar surface area (TPSA) is 75.3 Å². The summed E-state index contributed by atoms with van der Waals surface area (Å²) in [4.78, 5) is 0. The smallest absolute Gasteiger partial charge is 0.185 e. The second kappa shape index (κ2) is 6.27. The first kappa shape index (κ1) is 15.7. The normalized spacial score (nSPS) is 13.7. The summed E-state index contributed by atoms with van der Waals surface area (Å²) in [5.41, 5.74) is 1.55. The third-order valence-electron chi connectivity index (χ3n) is 4.05. The van der Waals surface area contributed by atoms with Crippen LogP contribution >= 0.6 is 11.3 Å². The van der Waals surface area contributed by atoms with Gasteiger partial charge in [0.1, 0.15) is 11.4 Å². The number of hydrogen-bond acceptors (Lipinski definition) is 6. The van der Waals surface area contributed by atoms with Crippen LogP contribution in [0.5, 0.6) is 0 Å². The molecule has 0 spiro atoms. The minimum Gasteiger partial charge on any atom is -0.384 e. The highest BCUT2D eigenvalue weighted by Crippen LogP contribution is 2.24. The lowest BCUT2D eigenvalue weighted by Crippen LogP contribution is -2.30. The van der Waals surface area contributed by atoms with Gasteiger partial charge in [0.15, 0.2) is 11.5 Å². The van der Waals surface area contributed by atoms with Crippen LogP contribution in [0.3, 0.4) is 0 Å². The SMILES string of the molecule is CC(O)(CNc1ccc2nnc(-c3ccccc3)n2n1)c1ccsc1. The van der Waals surface area contributed by atoms with E-state index in [-0.39, 0.29) is 0 Å². The van der Waals surface area contributed by atoms with Crippen LogP contribution in [-0.2, 0) is 5.60 Å². The molecule has 1 atom stereocenters. The average molecular weight is 351 g/mol. The molecule has 0 aliphatic heterocycles. The largest absolute Gasteiger partial charge is 0.384 e. The van der Waals surface area contributed by atoms with Gasteiger partial charge in [-0.05, 0) is 41.4 Å². The maximum absolute atomic E-state index is 10.6. The van der Waals surface area contributed by atoms with E-state index in [1.165, 1.54) is 0 Å². The molecule has 1 unspecified atom stereocenters. The van der Waals surface area contributed by atoms with E-state index in [1.807, 2.05) is 59.3 Å². The minimum absolute atomic E-state index is 0.352. The van der Waals surface area contributed by atoms with Crippen molar-refractivity contribution >= 4 is 22.8 Å². The summed E-state index contributed by atoms with van der Waals surface area (Å²) < 4.78 is 1.71. The average Bonchev–Trinajstić information content (AvgIpc) is 3.31. The summed E-state index contributed by atoms with van der Waals surface area (Å²) in [6, 6.07) is 15.4. The summed E-state index contributed by atoms with van der Waals surface area (Å²) in [6.45, 7) is 2.14. The van der Waals surface area contributed by atoms with Crippen molar-refractivity contribution in [1.82, 2.24) is 19.8 Å². The maximum atomic E-state index is 10.6. The van der Waals surface area contributed by atoms with Crippen LogP contribution in [0.1, 0.15) is 12.5 Å². The van der Waals surface area contributed by atoms with Gasteiger partial charge < -0.3 is 10.4 Å². The highest BCUT2D eigenvalue weighted by atomic mass is 32.1. The standard InChI is InChI=1S/C18H17N5OS/c1-18(24,14-9-10-25-11-14)12-19-15-7-8-16-20-21-17(23(16)22-15)13-5-3-2-4-6-13/h2-11,24H,12H2,1H3,(H,19,22). The Bertz CT molecular complexity index is 979. The van der Waals surface area contributed by atoms with E-state index < -0.39 is 5.60 Å². The molecule has 2 N–H and O–H groups in total. The van der Waals surface area contributed by atoms with Crippen LogP contribution in [0.15, 0.2) is 59.3 Å². The molecule has 0 radical (unpaired) electrons. The van der Waals surface area contributed by atoms with E-state index >= 15 is 0 Å². The Balaban J connectivity index is 1.61. The molecule has 0 bridgehead atoms. The third kappa shape index (κ3) is 3.11. The summed E-state index contributed by atoms with van der Waals surface area (Å²) in [5, 5.41) is 30.7. The van der Waals surface area contributed by atoms with Gasteiger partial charge in [0.25, 0.3) is 0 Å². The summed E-state index contributed by atoms with van der Waals surface area (Å²) in [5.74, 6) is 1.34. The number of nitrogens with zero attached hydrogens (tertiary/aromatic N) is 4. The fourth-order valence-corrected chi connectivity index (χ4v) is 3.37. The molecule has 0 saturated heterocycles. The highest BCUT2D eigenvalue weighted by molar-refractivity contribution is 7.08. The van der Waals surface area contributed by atoms with E-state index in [1.54, 1.807) is 22.8 Å². The first-order chi connectivity index (χ1) is 12.1. The van der Waals surface area contributed by atoms with E-state index in [9.17, 15) is 5.11 Å². The molecule has 4 aromatic rings. The van der Waals surface area contributed by atoms with Gasteiger partial charge in [0.2, 0.25) is 0 Å². The first-order valence-electron chi connectivity index (χ1n) is 7.90. The monoisotopic (exact) mass is 351 g/mol. The van der Waals surface area contributed by atoms with Crippen molar-refractivity contribution in [3.63, 3.8) is 0 Å². The number of hydrogen-bond donors (Lipinski definition) is 2. The Labute approximate surface area is 148 Å². The maximum Gasteiger partial charge on any atom is 0.185 e. The molecular weight excluding hydrogens is 334 g/mol. The van der Waals surface area contributed by atoms with Crippen LogP contribution in [0.2, 0.25) is 0 Å². The number of aliphatic hydroxyl groups is 1. The Hall–Kier alpha value is -2.77. The van der Waals surface area contributed by atoms with Crippen molar-refractivity contribution in [2.24, 2.45) is 0 Å². The van der Waals surface area contributed by atoms with Crippen LogP contribution in [0, 0.1) is 0 Å². The number of nitrogens with one attached hydrogen (secondary N) is 1. The van der Waals surface area contributed by atoms with Crippen LogP contribution in [0.25, 0.3) is 17.0 Å². The third-order valence-corrected chi connectivity index (χ3v) is 4.73.